The second-order valence-electron chi connectivity index (χ2n) is 10.9. The third-order valence-corrected chi connectivity index (χ3v) is 6.39. The Labute approximate surface area is 244 Å². The molecule has 0 unspecified atom stereocenters. The molecule has 0 amide bonds. The number of hydrogen-bond acceptors (Lipinski definition) is 9. The SMILES string of the molecule is COc1cc(OCc2ccccc2)cc(C)c1C(=O)O[C@]1(C)C(=O)C=C2C=C(/C=C\C(=O)OC(C)(C)C)OC=C2C1=O. The van der Waals surface area contributed by atoms with Crippen molar-refractivity contribution in [1.82, 2.24) is 0 Å². The molecule has 0 saturated carbocycles. The van der Waals surface area contributed by atoms with E-state index < -0.39 is 34.7 Å². The Morgan fingerprint density at radius 1 is 1.05 bits per heavy atom. The summed E-state index contributed by atoms with van der Waals surface area (Å²) in [6.45, 7) is 8.45. The molecule has 1 aliphatic heterocycles. The van der Waals surface area contributed by atoms with Crippen LogP contribution in [-0.4, -0.2) is 41.8 Å². The third-order valence-electron chi connectivity index (χ3n) is 6.39. The van der Waals surface area contributed by atoms with Crippen LogP contribution in [0.25, 0.3) is 0 Å². The maximum Gasteiger partial charge on any atom is 0.343 e. The number of rotatable bonds is 8. The van der Waals surface area contributed by atoms with Crippen molar-refractivity contribution in [2.24, 2.45) is 0 Å². The summed E-state index contributed by atoms with van der Waals surface area (Å²) in [7, 11) is 1.39. The van der Waals surface area contributed by atoms with Crippen LogP contribution in [0.4, 0.5) is 0 Å². The minimum absolute atomic E-state index is 0.0488. The molecule has 9 nitrogen and oxygen atoms in total. The Kier molecular flexibility index (Phi) is 8.51. The van der Waals surface area contributed by atoms with E-state index >= 15 is 0 Å². The van der Waals surface area contributed by atoms with Gasteiger partial charge in [-0.15, -0.1) is 0 Å². The van der Waals surface area contributed by atoms with Gasteiger partial charge in [0.25, 0.3) is 0 Å². The van der Waals surface area contributed by atoms with Gasteiger partial charge in [0.1, 0.15) is 41.3 Å². The molecule has 0 aromatic heterocycles. The molecular weight excluding hydrogens is 540 g/mol. The van der Waals surface area contributed by atoms with Gasteiger partial charge in [-0.3, -0.25) is 9.59 Å². The van der Waals surface area contributed by atoms with Crippen LogP contribution >= 0.6 is 0 Å². The molecule has 2 aliphatic rings. The van der Waals surface area contributed by atoms with Gasteiger partial charge in [0.15, 0.2) is 0 Å². The summed E-state index contributed by atoms with van der Waals surface area (Å²) in [5.74, 6) is -2.09. The quantitative estimate of drug-likeness (QED) is 0.237. The normalized spacial score (nSPS) is 18.3. The molecule has 1 heterocycles. The average molecular weight is 573 g/mol. The third kappa shape index (κ3) is 6.68. The fourth-order valence-corrected chi connectivity index (χ4v) is 4.29. The van der Waals surface area contributed by atoms with Crippen LogP contribution in [0.5, 0.6) is 11.5 Å². The van der Waals surface area contributed by atoms with E-state index in [9.17, 15) is 19.2 Å². The molecule has 1 aliphatic carbocycles. The predicted octanol–water partition coefficient (Wildman–Crippen LogP) is 5.27. The van der Waals surface area contributed by atoms with E-state index in [0.717, 1.165) is 11.8 Å². The van der Waals surface area contributed by atoms with Crippen molar-refractivity contribution < 1.29 is 42.9 Å². The van der Waals surface area contributed by atoms with Gasteiger partial charge in [-0.2, -0.15) is 0 Å². The molecule has 218 valence electrons. The molecule has 1 atom stereocenters. The minimum atomic E-state index is -2.13. The maximum atomic E-state index is 13.4. The molecular formula is C33H32O9. The zero-order chi connectivity index (χ0) is 30.7. The summed E-state index contributed by atoms with van der Waals surface area (Å²) in [5, 5.41) is 0. The van der Waals surface area contributed by atoms with E-state index in [4.69, 9.17) is 23.7 Å². The Hall–Kier alpha value is -4.92. The highest BCUT2D eigenvalue weighted by molar-refractivity contribution is 6.26. The van der Waals surface area contributed by atoms with E-state index in [-0.39, 0.29) is 28.2 Å². The Morgan fingerprint density at radius 2 is 1.76 bits per heavy atom. The van der Waals surface area contributed by atoms with E-state index in [2.05, 4.69) is 0 Å². The zero-order valence-electron chi connectivity index (χ0n) is 24.3. The summed E-state index contributed by atoms with van der Waals surface area (Å²) in [6.07, 6.45) is 6.35. The van der Waals surface area contributed by atoms with Crippen molar-refractivity contribution in [2.75, 3.05) is 7.11 Å². The lowest BCUT2D eigenvalue weighted by atomic mass is 9.80. The van der Waals surface area contributed by atoms with Crippen molar-refractivity contribution in [3.05, 3.63) is 107 Å². The second kappa shape index (κ2) is 11.9. The predicted molar refractivity (Wildman–Crippen MR) is 153 cm³/mol. The maximum absolute atomic E-state index is 13.4. The van der Waals surface area contributed by atoms with Crippen LogP contribution in [0.2, 0.25) is 0 Å². The van der Waals surface area contributed by atoms with E-state index in [1.165, 1.54) is 38.3 Å². The van der Waals surface area contributed by atoms with Crippen molar-refractivity contribution in [2.45, 2.75) is 52.4 Å². The van der Waals surface area contributed by atoms with Crippen LogP contribution in [0.3, 0.4) is 0 Å². The summed E-state index contributed by atoms with van der Waals surface area (Å²) < 4.78 is 27.6. The Balaban J connectivity index is 1.52. The molecule has 0 fully saturated rings. The number of ether oxygens (including phenoxy) is 5. The standard InChI is InChI=1S/C33H32O9/c1-20-14-24(39-18-21-10-8-7-9-11-21)17-26(38-6)29(20)31(37)42-33(5)27(34)16-22-15-23(40-19-25(22)30(33)36)12-13-28(35)41-32(2,3)4/h7-17,19H,18H2,1-6H3/b13-12-/t33-/m1/s1. The number of esters is 2. The minimum Gasteiger partial charge on any atom is -0.496 e. The number of benzene rings is 2. The fourth-order valence-electron chi connectivity index (χ4n) is 4.29. The number of Topliss-reactive ketones (excluding diaryl/α,β-unsaturated/α-hetero) is 1. The molecule has 9 heteroatoms. The van der Waals surface area contributed by atoms with E-state index in [1.54, 1.807) is 39.8 Å². The first-order valence-corrected chi connectivity index (χ1v) is 13.2. The van der Waals surface area contributed by atoms with Gasteiger partial charge >= 0.3 is 11.9 Å². The summed E-state index contributed by atoms with van der Waals surface area (Å²) >= 11 is 0. The number of fused-ring (bicyclic) bond motifs is 1. The number of allylic oxidation sites excluding steroid dienone is 3. The summed E-state index contributed by atoms with van der Waals surface area (Å²) in [6, 6.07) is 12.8. The van der Waals surface area contributed by atoms with Gasteiger partial charge in [-0.25, -0.2) is 9.59 Å². The van der Waals surface area contributed by atoms with Gasteiger partial charge in [0.2, 0.25) is 17.2 Å². The summed E-state index contributed by atoms with van der Waals surface area (Å²) in [5.41, 5.74) is -0.979. The smallest absolute Gasteiger partial charge is 0.343 e. The average Bonchev–Trinajstić information content (AvgIpc) is 2.93. The first kappa shape index (κ1) is 30.0. The first-order chi connectivity index (χ1) is 19.8. The van der Waals surface area contributed by atoms with Crippen LogP contribution in [0.1, 0.15) is 49.2 Å². The number of aryl methyl sites for hydroxylation is 1. The second-order valence-corrected chi connectivity index (χ2v) is 10.9. The number of methoxy groups -OCH3 is 1. The van der Waals surface area contributed by atoms with Gasteiger partial charge in [-0.05, 0) is 75.6 Å². The largest absolute Gasteiger partial charge is 0.496 e. The molecule has 2 aromatic rings. The highest BCUT2D eigenvalue weighted by Crippen LogP contribution is 2.36. The zero-order valence-corrected chi connectivity index (χ0v) is 24.3. The van der Waals surface area contributed by atoms with Crippen LogP contribution < -0.4 is 9.47 Å². The number of carbonyl (C=O) groups excluding carboxylic acids is 4. The van der Waals surface area contributed by atoms with Crippen molar-refractivity contribution in [3.63, 3.8) is 0 Å². The lowest BCUT2D eigenvalue weighted by Crippen LogP contribution is -2.50. The Bertz CT molecular complexity index is 1550. The highest BCUT2D eigenvalue weighted by atomic mass is 16.6. The summed E-state index contributed by atoms with van der Waals surface area (Å²) in [4.78, 5) is 52.0. The lowest BCUT2D eigenvalue weighted by molar-refractivity contribution is -0.148. The van der Waals surface area contributed by atoms with Gasteiger partial charge in [-0.1, -0.05) is 30.3 Å². The Morgan fingerprint density at radius 3 is 2.43 bits per heavy atom. The van der Waals surface area contributed by atoms with E-state index in [1.807, 2.05) is 30.3 Å². The monoisotopic (exact) mass is 572 g/mol. The first-order valence-electron chi connectivity index (χ1n) is 13.2. The van der Waals surface area contributed by atoms with Crippen LogP contribution in [0.15, 0.2) is 89.9 Å². The van der Waals surface area contributed by atoms with Crippen LogP contribution in [0, 0.1) is 6.92 Å². The van der Waals surface area contributed by atoms with Crippen molar-refractivity contribution >= 4 is 23.5 Å². The van der Waals surface area contributed by atoms with Crippen LogP contribution in [-0.2, 0) is 35.2 Å². The topological polar surface area (TPSA) is 114 Å². The number of hydrogen-bond donors (Lipinski definition) is 0. The molecule has 42 heavy (non-hydrogen) atoms. The highest BCUT2D eigenvalue weighted by Gasteiger charge is 2.50. The molecule has 2 aromatic carbocycles. The fraction of sp³-hybridized carbons (Fsp3) is 0.273. The van der Waals surface area contributed by atoms with Gasteiger partial charge in [0, 0.05) is 12.1 Å². The molecule has 4 rings (SSSR count). The molecule has 0 saturated heterocycles. The van der Waals surface area contributed by atoms with Gasteiger partial charge < -0.3 is 23.7 Å². The van der Waals surface area contributed by atoms with Crippen molar-refractivity contribution in [3.8, 4) is 11.5 Å². The molecule has 0 bridgehead atoms. The number of ketones is 2. The molecule has 0 N–H and O–H groups in total. The molecule has 0 radical (unpaired) electrons. The molecule has 0 spiro atoms. The van der Waals surface area contributed by atoms with Crippen molar-refractivity contribution in [1.29, 1.82) is 0 Å². The van der Waals surface area contributed by atoms with E-state index in [0.29, 0.717) is 17.9 Å². The lowest BCUT2D eigenvalue weighted by Gasteiger charge is -2.31. The number of carbonyl (C=O) groups is 4. The van der Waals surface area contributed by atoms with Gasteiger partial charge in [0.05, 0.1) is 12.7 Å².